The molecule has 0 unspecified atom stereocenters. The summed E-state index contributed by atoms with van der Waals surface area (Å²) in [7, 11) is 0. The van der Waals surface area contributed by atoms with Crippen LogP contribution in [0.1, 0.15) is 82.9 Å². The van der Waals surface area contributed by atoms with E-state index in [0.29, 0.717) is 44.1 Å². The van der Waals surface area contributed by atoms with Crippen molar-refractivity contribution in [3.05, 3.63) is 128 Å². The predicted octanol–water partition coefficient (Wildman–Crippen LogP) is 10.3. The van der Waals surface area contributed by atoms with E-state index in [-0.39, 0.29) is 22.4 Å². The number of carbonyl (C=O) groups is 2. The Morgan fingerprint density at radius 3 is 2.02 bits per heavy atom. The Kier molecular flexibility index (Phi) is 8.97. The molecule has 0 fully saturated rings. The third kappa shape index (κ3) is 6.56. The zero-order chi connectivity index (χ0) is 34.5. The molecule has 0 spiro atoms. The highest BCUT2D eigenvalue weighted by molar-refractivity contribution is 14.1. The van der Waals surface area contributed by atoms with E-state index in [0.717, 1.165) is 61.0 Å². The van der Waals surface area contributed by atoms with Gasteiger partial charge in [-0.1, -0.05) is 100 Å². The Morgan fingerprint density at radius 1 is 0.755 bits per heavy atom. The number of hydrogen-bond acceptors (Lipinski definition) is 5. The first-order valence-corrected chi connectivity index (χ1v) is 18.4. The van der Waals surface area contributed by atoms with Crippen molar-refractivity contribution in [3.63, 3.8) is 0 Å². The number of ether oxygens (including phenoxy) is 2. The number of nitrogens with zero attached hydrogens (tertiary/aromatic N) is 1. The van der Waals surface area contributed by atoms with Crippen LogP contribution in [-0.4, -0.2) is 23.1 Å². The number of ketones is 2. The molecule has 0 saturated carbocycles. The molecular formula is C43H44INO4. The van der Waals surface area contributed by atoms with E-state index >= 15 is 0 Å². The number of fused-ring (bicyclic) bond motifs is 1. The van der Waals surface area contributed by atoms with Crippen LogP contribution < -0.4 is 9.47 Å². The molecule has 7 rings (SSSR count). The van der Waals surface area contributed by atoms with Gasteiger partial charge in [0.25, 0.3) is 0 Å². The van der Waals surface area contributed by atoms with Crippen LogP contribution in [0.2, 0.25) is 0 Å². The van der Waals surface area contributed by atoms with Gasteiger partial charge in [-0.2, -0.15) is 0 Å². The van der Waals surface area contributed by atoms with Gasteiger partial charge in [0, 0.05) is 47.8 Å². The van der Waals surface area contributed by atoms with Crippen LogP contribution >= 0.6 is 22.6 Å². The first-order valence-electron chi connectivity index (χ1n) is 17.3. The number of carbonyl (C=O) groups excluding carboxylic acids is 2. The van der Waals surface area contributed by atoms with Gasteiger partial charge < -0.3 is 14.4 Å². The van der Waals surface area contributed by atoms with Crippen LogP contribution in [0.25, 0.3) is 10.8 Å². The summed E-state index contributed by atoms with van der Waals surface area (Å²) in [6.45, 7) is 12.2. The first-order chi connectivity index (χ1) is 23.4. The van der Waals surface area contributed by atoms with Crippen LogP contribution in [0, 0.1) is 14.4 Å². The standard InChI is InChI=1S/C43H44INO4/c1-6-48-37-20-30(19-32(44)41(37)49-26-29-17-12-16-28-15-10-11-18-31(28)29)38-39-33(21-42(2,3)23-35(39)46)45(25-27-13-8-7-9-14-27)34-22-43(4,5)24-36(47)40(34)38/h7-20,38H,6,21-26H2,1-5H3. The van der Waals surface area contributed by atoms with Crippen LogP contribution in [0.15, 0.2) is 107 Å². The van der Waals surface area contributed by atoms with E-state index in [1.807, 2.05) is 31.2 Å². The quantitative estimate of drug-likeness (QED) is 0.167. The summed E-state index contributed by atoms with van der Waals surface area (Å²) < 4.78 is 13.7. The molecule has 49 heavy (non-hydrogen) atoms. The van der Waals surface area contributed by atoms with Gasteiger partial charge >= 0.3 is 0 Å². The molecule has 252 valence electrons. The van der Waals surface area contributed by atoms with Crippen LogP contribution in [0.3, 0.4) is 0 Å². The highest BCUT2D eigenvalue weighted by atomic mass is 127. The molecule has 4 aromatic carbocycles. The molecule has 4 aromatic rings. The monoisotopic (exact) mass is 765 g/mol. The smallest absolute Gasteiger partial charge is 0.174 e. The topological polar surface area (TPSA) is 55.8 Å². The third-order valence-electron chi connectivity index (χ3n) is 10.1. The van der Waals surface area contributed by atoms with Crippen LogP contribution in [0.4, 0.5) is 0 Å². The number of halogens is 1. The van der Waals surface area contributed by atoms with Gasteiger partial charge in [-0.15, -0.1) is 0 Å². The fourth-order valence-electron chi connectivity index (χ4n) is 8.06. The summed E-state index contributed by atoms with van der Waals surface area (Å²) in [5, 5.41) is 2.33. The second kappa shape index (κ2) is 13.1. The van der Waals surface area contributed by atoms with Gasteiger partial charge in [-0.25, -0.2) is 0 Å². The SMILES string of the molecule is CCOc1cc(C2C3=C(CC(C)(C)CC3=O)N(Cc3ccccc3)C3=C2C(=O)CC(C)(C)C3)cc(I)c1OCc1cccc2ccccc12. The van der Waals surface area contributed by atoms with Gasteiger partial charge in [-0.3, -0.25) is 9.59 Å². The molecule has 5 nitrogen and oxygen atoms in total. The first kappa shape index (κ1) is 33.6. The molecule has 0 saturated heterocycles. The Hall–Kier alpha value is -3.91. The van der Waals surface area contributed by atoms with Gasteiger partial charge in [-0.05, 0) is 92.8 Å². The van der Waals surface area contributed by atoms with Gasteiger partial charge in [0.2, 0.25) is 0 Å². The zero-order valence-corrected chi connectivity index (χ0v) is 31.2. The lowest BCUT2D eigenvalue weighted by molar-refractivity contribution is -0.119. The van der Waals surface area contributed by atoms with Crippen molar-refractivity contribution < 1.29 is 19.1 Å². The third-order valence-corrected chi connectivity index (χ3v) is 10.9. The average Bonchev–Trinajstić information content (AvgIpc) is 3.04. The minimum atomic E-state index is -0.455. The van der Waals surface area contributed by atoms with Gasteiger partial charge in [0.05, 0.1) is 10.2 Å². The maximum atomic E-state index is 14.4. The maximum Gasteiger partial charge on any atom is 0.174 e. The predicted molar refractivity (Wildman–Crippen MR) is 203 cm³/mol. The Labute approximate surface area is 303 Å². The summed E-state index contributed by atoms with van der Waals surface area (Å²) in [6, 6.07) is 29.1. The molecule has 0 radical (unpaired) electrons. The number of hydrogen-bond donors (Lipinski definition) is 0. The second-order valence-corrected chi connectivity index (χ2v) is 16.5. The van der Waals surface area contributed by atoms with E-state index in [2.05, 4.69) is 116 Å². The molecule has 2 aliphatic carbocycles. The number of benzene rings is 4. The molecule has 0 atom stereocenters. The van der Waals surface area contributed by atoms with E-state index in [4.69, 9.17) is 9.47 Å². The van der Waals surface area contributed by atoms with E-state index in [1.165, 1.54) is 5.39 Å². The summed E-state index contributed by atoms with van der Waals surface area (Å²) in [5.41, 5.74) is 6.44. The molecule has 0 bridgehead atoms. The zero-order valence-electron chi connectivity index (χ0n) is 29.1. The number of rotatable bonds is 8. The maximum absolute atomic E-state index is 14.4. The van der Waals surface area contributed by atoms with Crippen molar-refractivity contribution in [2.75, 3.05) is 6.61 Å². The lowest BCUT2D eigenvalue weighted by Crippen LogP contribution is -2.44. The number of Topliss-reactive ketones (excluding diaryl/α,β-unsaturated/α-hetero) is 2. The van der Waals surface area contributed by atoms with Crippen molar-refractivity contribution in [2.24, 2.45) is 10.8 Å². The van der Waals surface area contributed by atoms with Crippen molar-refractivity contribution in [1.82, 2.24) is 4.90 Å². The van der Waals surface area contributed by atoms with E-state index in [9.17, 15) is 9.59 Å². The highest BCUT2D eigenvalue weighted by Gasteiger charge is 2.49. The molecule has 0 aromatic heterocycles. The minimum Gasteiger partial charge on any atom is -0.490 e. The molecule has 1 heterocycles. The Morgan fingerprint density at radius 2 is 1.37 bits per heavy atom. The molecule has 3 aliphatic rings. The fourth-order valence-corrected chi connectivity index (χ4v) is 8.84. The lowest BCUT2D eigenvalue weighted by atomic mass is 9.63. The molecular weight excluding hydrogens is 721 g/mol. The Bertz CT molecular complexity index is 1960. The van der Waals surface area contributed by atoms with Gasteiger partial charge in [0.15, 0.2) is 23.1 Å². The Balaban J connectivity index is 1.36. The second-order valence-electron chi connectivity index (χ2n) is 15.3. The minimum absolute atomic E-state index is 0.128. The lowest BCUT2D eigenvalue weighted by Gasteiger charge is -2.49. The van der Waals surface area contributed by atoms with Gasteiger partial charge in [0.1, 0.15) is 6.61 Å². The fraction of sp³-hybridized carbons (Fsp3) is 0.349. The summed E-state index contributed by atoms with van der Waals surface area (Å²) in [5.74, 6) is 1.11. The van der Waals surface area contributed by atoms with Crippen molar-refractivity contribution in [2.45, 2.75) is 79.4 Å². The van der Waals surface area contributed by atoms with Crippen LogP contribution in [0.5, 0.6) is 11.5 Å². The number of allylic oxidation sites excluding steroid dienone is 4. The average molecular weight is 766 g/mol. The normalized spacial score (nSPS) is 18.9. The highest BCUT2D eigenvalue weighted by Crippen LogP contribution is 2.55. The van der Waals surface area contributed by atoms with Crippen molar-refractivity contribution in [3.8, 4) is 11.5 Å². The molecule has 1 aliphatic heterocycles. The van der Waals surface area contributed by atoms with Crippen LogP contribution in [-0.2, 0) is 22.7 Å². The molecule has 6 heteroatoms. The summed E-state index contributed by atoms with van der Waals surface area (Å²) in [6.07, 6.45) is 2.44. The summed E-state index contributed by atoms with van der Waals surface area (Å²) >= 11 is 2.33. The summed E-state index contributed by atoms with van der Waals surface area (Å²) in [4.78, 5) is 31.1. The molecule has 0 N–H and O–H groups in total. The van der Waals surface area contributed by atoms with E-state index in [1.54, 1.807) is 0 Å². The van der Waals surface area contributed by atoms with Crippen molar-refractivity contribution >= 4 is 44.9 Å². The van der Waals surface area contributed by atoms with E-state index < -0.39 is 5.92 Å². The largest absolute Gasteiger partial charge is 0.490 e. The van der Waals surface area contributed by atoms with Crippen molar-refractivity contribution in [1.29, 1.82) is 0 Å². The molecule has 0 amide bonds.